The molecule has 126 valence electrons. The molecule has 0 aliphatic carbocycles. The molecule has 2 aromatic rings. The second kappa shape index (κ2) is 5.50. The number of aromatic nitrogens is 3. The minimum Gasteiger partial charge on any atom is -0.237 e. The highest BCUT2D eigenvalue weighted by atomic mass is 19.4. The Bertz CT molecular complexity index is 728. The third kappa shape index (κ3) is 3.62. The van der Waals surface area contributed by atoms with Crippen molar-refractivity contribution < 1.29 is 30.7 Å². The van der Waals surface area contributed by atoms with E-state index in [0.29, 0.717) is 11.1 Å². The molecule has 23 heavy (non-hydrogen) atoms. The van der Waals surface area contributed by atoms with Gasteiger partial charge in [-0.15, -0.1) is 5.10 Å². The second-order valence-electron chi connectivity index (χ2n) is 4.94. The fourth-order valence-electron chi connectivity index (χ4n) is 1.91. The molecule has 1 aromatic heterocycles. The minimum atomic E-state index is -5.15. The van der Waals surface area contributed by atoms with E-state index in [0.717, 1.165) is 6.07 Å². The lowest BCUT2D eigenvalue weighted by Gasteiger charge is -2.11. The molecule has 0 amide bonds. The maximum atomic E-state index is 13.8. The van der Waals surface area contributed by atoms with Crippen molar-refractivity contribution >= 4 is 0 Å². The highest BCUT2D eigenvalue weighted by molar-refractivity contribution is 5.31. The zero-order valence-corrected chi connectivity index (χ0v) is 11.8. The van der Waals surface area contributed by atoms with Crippen LogP contribution in [0.3, 0.4) is 0 Å². The lowest BCUT2D eigenvalue weighted by molar-refractivity contribution is -0.150. The number of nitrogens with zero attached hydrogens (tertiary/aromatic N) is 3. The average molecular weight is 341 g/mol. The van der Waals surface area contributed by atoms with Gasteiger partial charge in [-0.1, -0.05) is 6.07 Å². The third-order valence-corrected chi connectivity index (χ3v) is 3.16. The maximum Gasteiger partial charge on any atom is 0.453 e. The van der Waals surface area contributed by atoms with Crippen LogP contribution in [0.15, 0.2) is 12.1 Å². The first-order valence-corrected chi connectivity index (χ1v) is 6.24. The summed E-state index contributed by atoms with van der Waals surface area (Å²) in [5, 5.41) is 2.83. The van der Waals surface area contributed by atoms with Crippen LogP contribution < -0.4 is 0 Å². The summed E-state index contributed by atoms with van der Waals surface area (Å²) >= 11 is 0. The van der Waals surface area contributed by atoms with Gasteiger partial charge in [-0.2, -0.15) is 31.3 Å². The number of aryl methyl sites for hydroxylation is 2. The number of benzene rings is 1. The molecule has 0 radical (unpaired) electrons. The van der Waals surface area contributed by atoms with Crippen LogP contribution in [0, 0.1) is 19.7 Å². The van der Waals surface area contributed by atoms with Gasteiger partial charge in [0.05, 0.1) is 6.54 Å². The first-order valence-electron chi connectivity index (χ1n) is 6.24. The van der Waals surface area contributed by atoms with Gasteiger partial charge in [0, 0.05) is 5.56 Å². The van der Waals surface area contributed by atoms with Crippen molar-refractivity contribution in [2.45, 2.75) is 32.7 Å². The molecule has 0 N–H and O–H groups in total. The molecule has 0 spiro atoms. The summed E-state index contributed by atoms with van der Waals surface area (Å²) in [5.41, 5.74) is 0.945. The normalized spacial score (nSPS) is 12.7. The Morgan fingerprint density at radius 3 is 2.04 bits per heavy atom. The van der Waals surface area contributed by atoms with Crippen LogP contribution in [0.2, 0.25) is 0 Å². The number of halogens is 7. The molecule has 3 nitrogen and oxygen atoms in total. The summed E-state index contributed by atoms with van der Waals surface area (Å²) in [5.74, 6) is -4.58. The molecular weight excluding hydrogens is 331 g/mol. The van der Waals surface area contributed by atoms with Crippen molar-refractivity contribution in [2.24, 2.45) is 0 Å². The Hall–Kier alpha value is -2.13. The van der Waals surface area contributed by atoms with E-state index in [2.05, 4.69) is 10.1 Å². The summed E-state index contributed by atoms with van der Waals surface area (Å²) in [7, 11) is 0. The van der Waals surface area contributed by atoms with Gasteiger partial charge in [-0.25, -0.2) is 9.07 Å². The van der Waals surface area contributed by atoms with Gasteiger partial charge in [0.1, 0.15) is 5.82 Å². The Kier molecular flexibility index (Phi) is 4.12. The molecule has 0 bridgehead atoms. The van der Waals surface area contributed by atoms with Crippen molar-refractivity contribution in [3.8, 4) is 0 Å². The van der Waals surface area contributed by atoms with Crippen LogP contribution >= 0.6 is 0 Å². The van der Waals surface area contributed by atoms with Crippen LogP contribution in [0.4, 0.5) is 30.7 Å². The van der Waals surface area contributed by atoms with E-state index < -0.39 is 36.4 Å². The van der Waals surface area contributed by atoms with E-state index in [1.807, 2.05) is 0 Å². The summed E-state index contributed by atoms with van der Waals surface area (Å²) < 4.78 is 89.8. The lowest BCUT2D eigenvalue weighted by Crippen LogP contribution is -2.17. The van der Waals surface area contributed by atoms with Crippen LogP contribution in [0.25, 0.3) is 0 Å². The largest absolute Gasteiger partial charge is 0.453 e. The predicted molar refractivity (Wildman–Crippen MR) is 65.0 cm³/mol. The fraction of sp³-hybridized carbons (Fsp3) is 0.385. The highest BCUT2D eigenvalue weighted by Crippen LogP contribution is 2.33. The Morgan fingerprint density at radius 1 is 0.957 bits per heavy atom. The number of hydrogen-bond acceptors (Lipinski definition) is 2. The Morgan fingerprint density at radius 2 is 1.52 bits per heavy atom. The molecule has 0 saturated heterocycles. The van der Waals surface area contributed by atoms with Gasteiger partial charge < -0.3 is 0 Å². The van der Waals surface area contributed by atoms with Crippen LogP contribution in [-0.4, -0.2) is 14.8 Å². The Balaban J connectivity index is 2.51. The monoisotopic (exact) mass is 341 g/mol. The van der Waals surface area contributed by atoms with Crippen molar-refractivity contribution in [1.82, 2.24) is 14.8 Å². The van der Waals surface area contributed by atoms with E-state index in [-0.39, 0.29) is 10.2 Å². The van der Waals surface area contributed by atoms with Crippen molar-refractivity contribution in [2.75, 3.05) is 0 Å². The average Bonchev–Trinajstić information content (AvgIpc) is 2.79. The summed E-state index contributed by atoms with van der Waals surface area (Å²) in [4.78, 5) is 2.50. The highest BCUT2D eigenvalue weighted by Gasteiger charge is 2.44. The molecule has 0 atom stereocenters. The first-order chi connectivity index (χ1) is 10.4. The Labute approximate surface area is 125 Å². The van der Waals surface area contributed by atoms with Crippen LogP contribution in [-0.2, 0) is 18.9 Å². The van der Waals surface area contributed by atoms with Crippen molar-refractivity contribution in [3.63, 3.8) is 0 Å². The molecule has 2 rings (SSSR count). The van der Waals surface area contributed by atoms with E-state index >= 15 is 0 Å². The zero-order chi connectivity index (χ0) is 17.6. The first kappa shape index (κ1) is 17.2. The molecule has 0 saturated carbocycles. The molecular formula is C13H10F7N3. The maximum absolute atomic E-state index is 13.8. The second-order valence-corrected chi connectivity index (χ2v) is 4.94. The minimum absolute atomic E-state index is 0.00993. The van der Waals surface area contributed by atoms with Gasteiger partial charge in [-0.3, -0.25) is 0 Å². The predicted octanol–water partition coefficient (Wildman–Crippen LogP) is 4.12. The van der Waals surface area contributed by atoms with Gasteiger partial charge in [0.2, 0.25) is 5.82 Å². The van der Waals surface area contributed by atoms with Crippen molar-refractivity contribution in [3.05, 3.63) is 46.3 Å². The van der Waals surface area contributed by atoms with E-state index in [9.17, 15) is 30.7 Å². The smallest absolute Gasteiger partial charge is 0.237 e. The van der Waals surface area contributed by atoms with E-state index in [1.54, 1.807) is 13.8 Å². The molecule has 0 aliphatic rings. The lowest BCUT2D eigenvalue weighted by atomic mass is 10.1. The third-order valence-electron chi connectivity index (χ3n) is 3.16. The van der Waals surface area contributed by atoms with Gasteiger partial charge >= 0.3 is 12.4 Å². The molecule has 1 aromatic carbocycles. The van der Waals surface area contributed by atoms with E-state index in [1.165, 1.54) is 6.07 Å². The summed E-state index contributed by atoms with van der Waals surface area (Å²) in [6, 6.07) is 2.36. The van der Waals surface area contributed by atoms with E-state index in [4.69, 9.17) is 0 Å². The van der Waals surface area contributed by atoms with Crippen LogP contribution in [0.1, 0.15) is 28.3 Å². The summed E-state index contributed by atoms with van der Waals surface area (Å²) in [6.45, 7) is 2.39. The number of alkyl halides is 6. The molecule has 0 unspecified atom stereocenters. The number of rotatable bonds is 2. The fourth-order valence-corrected chi connectivity index (χ4v) is 1.91. The molecule has 0 fully saturated rings. The standard InChI is InChI=1S/C13H10F7N3/c1-6-3-8(9(14)4-7(6)2)5-23-11(13(18,19)20)21-10(22-23)12(15,16)17/h3-4H,5H2,1-2H3. The zero-order valence-electron chi connectivity index (χ0n) is 11.8. The topological polar surface area (TPSA) is 30.7 Å². The number of hydrogen-bond donors (Lipinski definition) is 0. The van der Waals surface area contributed by atoms with Crippen molar-refractivity contribution in [1.29, 1.82) is 0 Å². The molecule has 10 heteroatoms. The van der Waals surface area contributed by atoms with Gasteiger partial charge in [0.15, 0.2) is 0 Å². The molecule has 1 heterocycles. The van der Waals surface area contributed by atoms with Gasteiger partial charge in [0.25, 0.3) is 5.82 Å². The quantitative estimate of drug-likeness (QED) is 0.770. The molecule has 0 aliphatic heterocycles. The van der Waals surface area contributed by atoms with Crippen LogP contribution in [0.5, 0.6) is 0 Å². The SMILES string of the molecule is Cc1cc(F)c(Cn2nc(C(F)(F)F)nc2C(F)(F)F)cc1C. The summed E-state index contributed by atoms with van der Waals surface area (Å²) in [6.07, 6.45) is -10.3. The van der Waals surface area contributed by atoms with Gasteiger partial charge in [-0.05, 0) is 31.0 Å².